The fourth-order valence-electron chi connectivity index (χ4n) is 3.53. The number of anilines is 1. The molecule has 1 aromatic heterocycles. The number of aromatic hydroxyl groups is 1. The number of aryl methyl sites for hydroxylation is 1. The van der Waals surface area contributed by atoms with Gasteiger partial charge >= 0.3 is 0 Å². The Hall–Kier alpha value is -3.90. The molecule has 0 aliphatic heterocycles. The van der Waals surface area contributed by atoms with Gasteiger partial charge in [-0.05, 0) is 72.5 Å². The highest BCUT2D eigenvalue weighted by molar-refractivity contribution is 6.03. The predicted molar refractivity (Wildman–Crippen MR) is 122 cm³/mol. The number of hydrogen-bond donors (Lipinski definition) is 3. The van der Waals surface area contributed by atoms with Gasteiger partial charge in [0.1, 0.15) is 11.4 Å². The van der Waals surface area contributed by atoms with Gasteiger partial charge in [0, 0.05) is 12.2 Å². The summed E-state index contributed by atoms with van der Waals surface area (Å²) in [5.41, 5.74) is 11.4. The van der Waals surface area contributed by atoms with E-state index in [2.05, 4.69) is 10.4 Å². The SMILES string of the molecule is Cc1cc(C(=O)Nc2cccc(Cc3cccc(O)c3)c2)n(-c2cccc(CN)c2)n1. The van der Waals surface area contributed by atoms with Gasteiger partial charge in [0.2, 0.25) is 0 Å². The summed E-state index contributed by atoms with van der Waals surface area (Å²) in [6.45, 7) is 2.28. The number of carbonyl (C=O) groups is 1. The lowest BCUT2D eigenvalue weighted by Crippen LogP contribution is -2.17. The molecule has 1 amide bonds. The van der Waals surface area contributed by atoms with Gasteiger partial charge in [0.25, 0.3) is 5.91 Å². The highest BCUT2D eigenvalue weighted by Gasteiger charge is 2.16. The molecule has 0 unspecified atom stereocenters. The summed E-state index contributed by atoms with van der Waals surface area (Å²) >= 11 is 0. The van der Waals surface area contributed by atoms with Crippen LogP contribution in [0, 0.1) is 6.92 Å². The molecule has 0 aliphatic carbocycles. The normalized spacial score (nSPS) is 10.8. The van der Waals surface area contributed by atoms with Crippen LogP contribution in [0.3, 0.4) is 0 Å². The first-order valence-electron chi connectivity index (χ1n) is 10.1. The zero-order valence-electron chi connectivity index (χ0n) is 17.2. The summed E-state index contributed by atoms with van der Waals surface area (Å²) in [5, 5.41) is 17.1. The van der Waals surface area contributed by atoms with Crippen molar-refractivity contribution in [3.05, 3.63) is 107 Å². The number of phenols is 1. The minimum atomic E-state index is -0.242. The number of aromatic nitrogens is 2. The van der Waals surface area contributed by atoms with Crippen LogP contribution in [0.1, 0.15) is 32.9 Å². The van der Waals surface area contributed by atoms with Gasteiger partial charge in [0.05, 0.1) is 11.4 Å². The molecule has 6 heteroatoms. The maximum atomic E-state index is 13.1. The Morgan fingerprint density at radius 1 is 0.968 bits per heavy atom. The third-order valence-corrected chi connectivity index (χ3v) is 4.96. The van der Waals surface area contributed by atoms with Crippen LogP contribution in [0.4, 0.5) is 5.69 Å². The van der Waals surface area contributed by atoms with Crippen molar-refractivity contribution in [3.8, 4) is 11.4 Å². The Morgan fingerprint density at radius 3 is 2.45 bits per heavy atom. The maximum absolute atomic E-state index is 13.1. The van der Waals surface area contributed by atoms with Crippen molar-refractivity contribution in [3.63, 3.8) is 0 Å². The van der Waals surface area contributed by atoms with Gasteiger partial charge < -0.3 is 16.2 Å². The van der Waals surface area contributed by atoms with Gasteiger partial charge in [-0.15, -0.1) is 0 Å². The Labute approximate surface area is 181 Å². The number of hydrogen-bond acceptors (Lipinski definition) is 4. The molecular weight excluding hydrogens is 388 g/mol. The molecule has 6 nitrogen and oxygen atoms in total. The van der Waals surface area contributed by atoms with E-state index in [4.69, 9.17) is 5.73 Å². The molecule has 0 fully saturated rings. The third kappa shape index (κ3) is 4.82. The van der Waals surface area contributed by atoms with Crippen molar-refractivity contribution in [2.75, 3.05) is 5.32 Å². The molecule has 4 aromatic rings. The van der Waals surface area contributed by atoms with Crippen LogP contribution in [0.5, 0.6) is 5.75 Å². The number of nitrogens with zero attached hydrogens (tertiary/aromatic N) is 2. The Kier molecular flexibility index (Phi) is 5.82. The summed E-state index contributed by atoms with van der Waals surface area (Å²) in [5.74, 6) is -0.00227. The lowest BCUT2D eigenvalue weighted by atomic mass is 10.0. The molecular formula is C25H24N4O2. The van der Waals surface area contributed by atoms with Gasteiger partial charge in [-0.3, -0.25) is 4.79 Å². The van der Waals surface area contributed by atoms with Crippen LogP contribution >= 0.6 is 0 Å². The topological polar surface area (TPSA) is 93.2 Å². The van der Waals surface area contributed by atoms with E-state index in [-0.39, 0.29) is 11.7 Å². The fraction of sp³-hybridized carbons (Fsp3) is 0.120. The first kappa shape index (κ1) is 20.4. The average Bonchev–Trinajstić information content (AvgIpc) is 3.16. The largest absolute Gasteiger partial charge is 0.508 e. The number of phenolic OH excluding ortho intramolecular Hbond substituents is 1. The Bertz CT molecular complexity index is 1230. The second kappa shape index (κ2) is 8.85. The first-order valence-corrected chi connectivity index (χ1v) is 10.1. The molecule has 0 spiro atoms. The monoisotopic (exact) mass is 412 g/mol. The van der Waals surface area contributed by atoms with Crippen LogP contribution in [-0.4, -0.2) is 20.8 Å². The average molecular weight is 412 g/mol. The Morgan fingerprint density at radius 2 is 1.68 bits per heavy atom. The highest BCUT2D eigenvalue weighted by Crippen LogP contribution is 2.20. The molecule has 3 aromatic carbocycles. The molecule has 0 atom stereocenters. The molecule has 0 radical (unpaired) electrons. The van der Waals surface area contributed by atoms with Gasteiger partial charge in [-0.2, -0.15) is 5.10 Å². The van der Waals surface area contributed by atoms with Crippen molar-refractivity contribution in [1.82, 2.24) is 9.78 Å². The summed E-state index contributed by atoms with van der Waals surface area (Å²) in [7, 11) is 0. The van der Waals surface area contributed by atoms with Crippen molar-refractivity contribution in [1.29, 1.82) is 0 Å². The zero-order chi connectivity index (χ0) is 21.8. The number of carbonyl (C=O) groups excluding carboxylic acids is 1. The second-order valence-electron chi connectivity index (χ2n) is 7.46. The first-order chi connectivity index (χ1) is 15.0. The lowest BCUT2D eigenvalue weighted by Gasteiger charge is -2.11. The standard InChI is InChI=1S/C25H24N4O2/c1-17-11-24(29(28-17)22-9-3-7-20(14-22)16-26)25(31)27-21-8-2-5-18(13-21)12-19-6-4-10-23(30)15-19/h2-11,13-15,30H,12,16,26H2,1H3,(H,27,31). The van der Waals surface area contributed by atoms with Crippen LogP contribution < -0.4 is 11.1 Å². The molecule has 4 N–H and O–H groups in total. The van der Waals surface area contributed by atoms with Crippen LogP contribution in [0.25, 0.3) is 5.69 Å². The molecule has 0 saturated carbocycles. The summed E-state index contributed by atoms with van der Waals surface area (Å²) < 4.78 is 1.64. The van der Waals surface area contributed by atoms with E-state index in [9.17, 15) is 9.90 Å². The quantitative estimate of drug-likeness (QED) is 0.443. The number of nitrogens with one attached hydrogen (secondary N) is 1. The van der Waals surface area contributed by atoms with Crippen LogP contribution in [0.2, 0.25) is 0 Å². The van der Waals surface area contributed by atoms with Crippen molar-refractivity contribution >= 4 is 11.6 Å². The minimum Gasteiger partial charge on any atom is -0.508 e. The predicted octanol–water partition coefficient (Wildman–Crippen LogP) is 4.19. The van der Waals surface area contributed by atoms with Gasteiger partial charge in [-0.1, -0.05) is 36.4 Å². The number of amides is 1. The van der Waals surface area contributed by atoms with Gasteiger partial charge in [-0.25, -0.2) is 4.68 Å². The van der Waals surface area contributed by atoms with E-state index in [1.54, 1.807) is 22.9 Å². The van der Waals surface area contributed by atoms with Crippen molar-refractivity contribution in [2.24, 2.45) is 5.73 Å². The highest BCUT2D eigenvalue weighted by atomic mass is 16.3. The van der Waals surface area contributed by atoms with Crippen molar-refractivity contribution < 1.29 is 9.90 Å². The molecule has 31 heavy (non-hydrogen) atoms. The maximum Gasteiger partial charge on any atom is 0.274 e. The summed E-state index contributed by atoms with van der Waals surface area (Å²) in [6, 6.07) is 24.3. The summed E-state index contributed by atoms with van der Waals surface area (Å²) in [6.07, 6.45) is 0.654. The van der Waals surface area contributed by atoms with Crippen LogP contribution in [0.15, 0.2) is 78.9 Å². The molecule has 0 aliphatic rings. The number of benzene rings is 3. The molecule has 156 valence electrons. The summed E-state index contributed by atoms with van der Waals surface area (Å²) in [4.78, 5) is 13.1. The second-order valence-corrected chi connectivity index (χ2v) is 7.46. The Balaban J connectivity index is 1.56. The molecule has 0 bridgehead atoms. The van der Waals surface area contributed by atoms with E-state index in [1.807, 2.05) is 67.6 Å². The van der Waals surface area contributed by atoms with E-state index >= 15 is 0 Å². The molecule has 4 rings (SSSR count). The molecule has 1 heterocycles. The van der Waals surface area contributed by atoms with E-state index in [1.165, 1.54) is 0 Å². The minimum absolute atomic E-state index is 0.240. The van der Waals surface area contributed by atoms with E-state index in [0.717, 1.165) is 28.1 Å². The van der Waals surface area contributed by atoms with E-state index < -0.39 is 0 Å². The molecule has 0 saturated heterocycles. The fourth-order valence-corrected chi connectivity index (χ4v) is 3.53. The van der Waals surface area contributed by atoms with Gasteiger partial charge in [0.15, 0.2) is 0 Å². The lowest BCUT2D eigenvalue weighted by molar-refractivity contribution is 0.101. The third-order valence-electron chi connectivity index (χ3n) is 4.96. The van der Waals surface area contributed by atoms with E-state index in [0.29, 0.717) is 24.3 Å². The number of nitrogens with two attached hydrogens (primary N) is 1. The zero-order valence-corrected chi connectivity index (χ0v) is 17.2. The van der Waals surface area contributed by atoms with Crippen LogP contribution in [-0.2, 0) is 13.0 Å². The smallest absolute Gasteiger partial charge is 0.274 e. The van der Waals surface area contributed by atoms with Crippen molar-refractivity contribution in [2.45, 2.75) is 19.9 Å². The number of rotatable bonds is 6.